The van der Waals surface area contributed by atoms with Gasteiger partial charge < -0.3 is 15.4 Å². The van der Waals surface area contributed by atoms with Crippen LogP contribution in [-0.4, -0.2) is 50.1 Å². The number of pyridine rings is 1. The van der Waals surface area contributed by atoms with Crippen molar-refractivity contribution in [1.29, 1.82) is 0 Å². The Labute approximate surface area is 184 Å². The number of benzene rings is 1. The van der Waals surface area contributed by atoms with Crippen LogP contribution in [0.2, 0.25) is 0 Å². The van der Waals surface area contributed by atoms with Crippen LogP contribution in [0.15, 0.2) is 55.0 Å². The minimum absolute atomic E-state index is 0.113. The predicted octanol–water partition coefficient (Wildman–Crippen LogP) is 2.81. The van der Waals surface area contributed by atoms with E-state index in [9.17, 15) is 4.79 Å². The van der Waals surface area contributed by atoms with E-state index in [0.717, 1.165) is 48.0 Å². The zero-order chi connectivity index (χ0) is 21.9. The van der Waals surface area contributed by atoms with Gasteiger partial charge in [0.1, 0.15) is 6.10 Å². The Kier molecular flexibility index (Phi) is 5.47. The molecule has 0 aliphatic carbocycles. The highest BCUT2D eigenvalue weighted by molar-refractivity contribution is 6.04. The van der Waals surface area contributed by atoms with Gasteiger partial charge in [-0.3, -0.25) is 9.48 Å². The van der Waals surface area contributed by atoms with E-state index in [-0.39, 0.29) is 12.0 Å². The van der Waals surface area contributed by atoms with E-state index in [4.69, 9.17) is 4.74 Å². The quantitative estimate of drug-likeness (QED) is 0.502. The summed E-state index contributed by atoms with van der Waals surface area (Å²) in [6.45, 7) is 1.85. The van der Waals surface area contributed by atoms with E-state index in [1.807, 2.05) is 43.7 Å². The monoisotopic (exact) mass is 429 g/mol. The number of hydrogen-bond donors (Lipinski definition) is 2. The van der Waals surface area contributed by atoms with Gasteiger partial charge in [0.05, 0.1) is 11.7 Å². The van der Waals surface area contributed by atoms with E-state index in [1.165, 1.54) is 0 Å². The number of nitrogens with zero attached hydrogens (tertiary/aromatic N) is 5. The molecule has 1 aromatic carbocycles. The molecule has 1 aliphatic heterocycles. The first-order valence-electron chi connectivity index (χ1n) is 10.6. The molecule has 0 bridgehead atoms. The van der Waals surface area contributed by atoms with Crippen LogP contribution in [0, 0.1) is 0 Å². The lowest BCUT2D eigenvalue weighted by atomic mass is 10.1. The molecule has 5 rings (SSSR count). The summed E-state index contributed by atoms with van der Waals surface area (Å²) in [4.78, 5) is 17.0. The van der Waals surface area contributed by atoms with Gasteiger partial charge in [-0.25, -0.2) is 4.98 Å². The van der Waals surface area contributed by atoms with Crippen molar-refractivity contribution in [2.24, 2.45) is 7.05 Å². The molecule has 1 fully saturated rings. The standard InChI is InChI=1S/C23H23N7O2/c1-30-14-18(13-26-30)15-2-3-20-17(10-15)11-21(29-28-20)27-23(31)16-4-9-25-22(12-16)32-19-5-7-24-8-6-19/h2-4,9-14,19,24H,5-8H2,1H3,(H,27,29,31). The van der Waals surface area contributed by atoms with Crippen molar-refractivity contribution in [3.63, 3.8) is 0 Å². The van der Waals surface area contributed by atoms with Crippen LogP contribution in [-0.2, 0) is 7.05 Å². The minimum Gasteiger partial charge on any atom is -0.474 e. The van der Waals surface area contributed by atoms with E-state index < -0.39 is 0 Å². The van der Waals surface area contributed by atoms with Gasteiger partial charge in [0.2, 0.25) is 5.88 Å². The third kappa shape index (κ3) is 4.42. The Morgan fingerprint density at radius 2 is 2.00 bits per heavy atom. The van der Waals surface area contributed by atoms with Crippen molar-refractivity contribution in [3.05, 3.63) is 60.6 Å². The molecule has 4 heterocycles. The number of amides is 1. The summed E-state index contributed by atoms with van der Waals surface area (Å²) in [5.41, 5.74) is 3.23. The van der Waals surface area contributed by atoms with Crippen molar-refractivity contribution >= 4 is 22.6 Å². The summed E-state index contributed by atoms with van der Waals surface area (Å²) >= 11 is 0. The molecule has 0 radical (unpaired) electrons. The molecule has 9 heteroatoms. The fourth-order valence-electron chi connectivity index (χ4n) is 3.74. The Morgan fingerprint density at radius 3 is 2.81 bits per heavy atom. The maximum absolute atomic E-state index is 12.8. The van der Waals surface area contributed by atoms with Crippen molar-refractivity contribution in [1.82, 2.24) is 30.3 Å². The van der Waals surface area contributed by atoms with Gasteiger partial charge in [-0.15, -0.1) is 10.2 Å². The SMILES string of the molecule is Cn1cc(-c2ccc3nnc(NC(=O)c4ccnc(OC5CCNCC5)c4)cc3c2)cn1. The van der Waals surface area contributed by atoms with Crippen molar-refractivity contribution in [2.75, 3.05) is 18.4 Å². The van der Waals surface area contributed by atoms with Gasteiger partial charge in [-0.05, 0) is 55.8 Å². The number of fused-ring (bicyclic) bond motifs is 1. The molecule has 0 spiro atoms. The van der Waals surface area contributed by atoms with Crippen molar-refractivity contribution in [2.45, 2.75) is 18.9 Å². The Bertz CT molecular complexity index is 1260. The first-order chi connectivity index (χ1) is 15.6. The molecule has 0 saturated carbocycles. The average Bonchev–Trinajstić information content (AvgIpc) is 3.26. The summed E-state index contributed by atoms with van der Waals surface area (Å²) in [6.07, 6.45) is 7.30. The lowest BCUT2D eigenvalue weighted by Gasteiger charge is -2.23. The Morgan fingerprint density at radius 1 is 1.12 bits per heavy atom. The lowest BCUT2D eigenvalue weighted by Crippen LogP contribution is -2.34. The van der Waals surface area contributed by atoms with Crippen LogP contribution in [0.5, 0.6) is 5.88 Å². The molecule has 1 aliphatic rings. The first kappa shape index (κ1) is 20.1. The zero-order valence-electron chi connectivity index (χ0n) is 17.7. The van der Waals surface area contributed by atoms with Crippen LogP contribution in [0.4, 0.5) is 5.82 Å². The highest BCUT2D eigenvalue weighted by Gasteiger charge is 2.16. The fourth-order valence-corrected chi connectivity index (χ4v) is 3.74. The van der Waals surface area contributed by atoms with Crippen molar-refractivity contribution < 1.29 is 9.53 Å². The summed E-state index contributed by atoms with van der Waals surface area (Å²) < 4.78 is 7.70. The molecule has 9 nitrogen and oxygen atoms in total. The highest BCUT2D eigenvalue weighted by atomic mass is 16.5. The number of nitrogens with one attached hydrogen (secondary N) is 2. The molecular weight excluding hydrogens is 406 g/mol. The van der Waals surface area contributed by atoms with E-state index in [2.05, 4.69) is 30.9 Å². The second kappa shape index (κ2) is 8.72. The number of hydrogen-bond acceptors (Lipinski definition) is 7. The van der Waals surface area contributed by atoms with E-state index in [1.54, 1.807) is 23.0 Å². The van der Waals surface area contributed by atoms with Gasteiger partial charge in [0.25, 0.3) is 5.91 Å². The van der Waals surface area contributed by atoms with E-state index >= 15 is 0 Å². The number of anilines is 1. The molecule has 32 heavy (non-hydrogen) atoms. The maximum Gasteiger partial charge on any atom is 0.257 e. The predicted molar refractivity (Wildman–Crippen MR) is 120 cm³/mol. The molecule has 162 valence electrons. The van der Waals surface area contributed by atoms with Gasteiger partial charge in [-0.2, -0.15) is 5.10 Å². The molecule has 0 atom stereocenters. The summed E-state index contributed by atoms with van der Waals surface area (Å²) in [7, 11) is 1.88. The van der Waals surface area contributed by atoms with E-state index in [0.29, 0.717) is 17.3 Å². The number of aryl methyl sites for hydroxylation is 1. The topological polar surface area (TPSA) is 107 Å². The molecule has 0 unspecified atom stereocenters. The molecular formula is C23H23N7O2. The number of piperidine rings is 1. The van der Waals surface area contributed by atoms with Gasteiger partial charge in [0, 0.05) is 42.0 Å². The molecule has 2 N–H and O–H groups in total. The second-order valence-electron chi connectivity index (χ2n) is 7.81. The second-order valence-corrected chi connectivity index (χ2v) is 7.81. The van der Waals surface area contributed by atoms with Crippen LogP contribution < -0.4 is 15.4 Å². The van der Waals surface area contributed by atoms with Crippen LogP contribution >= 0.6 is 0 Å². The Hall–Kier alpha value is -3.85. The minimum atomic E-state index is -0.292. The fraction of sp³-hybridized carbons (Fsp3) is 0.261. The summed E-state index contributed by atoms with van der Waals surface area (Å²) in [5.74, 6) is 0.540. The number of carbonyl (C=O) groups excluding carboxylic acids is 1. The number of rotatable bonds is 5. The molecule has 3 aromatic heterocycles. The molecule has 1 amide bonds. The third-order valence-electron chi connectivity index (χ3n) is 5.44. The average molecular weight is 429 g/mol. The number of ether oxygens (including phenoxy) is 1. The normalized spacial score (nSPS) is 14.4. The van der Waals surface area contributed by atoms with Gasteiger partial charge in [0.15, 0.2) is 5.82 Å². The zero-order valence-corrected chi connectivity index (χ0v) is 17.7. The molecule has 4 aromatic rings. The first-order valence-corrected chi connectivity index (χ1v) is 10.6. The van der Waals surface area contributed by atoms with Crippen LogP contribution in [0.1, 0.15) is 23.2 Å². The number of carbonyl (C=O) groups is 1. The largest absolute Gasteiger partial charge is 0.474 e. The van der Waals surface area contributed by atoms with Gasteiger partial charge in [-0.1, -0.05) is 6.07 Å². The Balaban J connectivity index is 1.33. The van der Waals surface area contributed by atoms with Crippen LogP contribution in [0.25, 0.3) is 22.0 Å². The number of aromatic nitrogens is 5. The molecule has 1 saturated heterocycles. The van der Waals surface area contributed by atoms with Crippen molar-refractivity contribution in [3.8, 4) is 17.0 Å². The highest BCUT2D eigenvalue weighted by Crippen LogP contribution is 2.24. The summed E-state index contributed by atoms with van der Waals surface area (Å²) in [6, 6.07) is 11.0. The third-order valence-corrected chi connectivity index (χ3v) is 5.44. The van der Waals surface area contributed by atoms with Gasteiger partial charge >= 0.3 is 0 Å². The maximum atomic E-state index is 12.8. The van der Waals surface area contributed by atoms with Crippen LogP contribution in [0.3, 0.4) is 0 Å². The summed E-state index contributed by atoms with van der Waals surface area (Å²) in [5, 5.41) is 19.6. The smallest absolute Gasteiger partial charge is 0.257 e. The lowest BCUT2D eigenvalue weighted by molar-refractivity contribution is 0.102.